The number of aromatic nitrogens is 2. The van der Waals surface area contributed by atoms with E-state index in [1.165, 1.54) is 5.56 Å². The Balaban J connectivity index is 1.49. The molecule has 0 unspecified atom stereocenters. The number of carbonyl (C=O) groups excluding carboxylic acids is 1. The van der Waals surface area contributed by atoms with E-state index in [9.17, 15) is 4.79 Å². The largest absolute Gasteiger partial charge is 0.339 e. The average molecular weight is 300 g/mol. The number of nitrogens with zero attached hydrogens (tertiary/aromatic N) is 3. The Labute approximate surface area is 129 Å². The SMILES string of the molecule is Cc1ccc(NC(=O)CN2CC(c3nc(C)no3)C2)c(C)c1. The Kier molecular flexibility index (Phi) is 3.94. The molecule has 1 aromatic heterocycles. The van der Waals surface area contributed by atoms with E-state index in [0.29, 0.717) is 18.3 Å². The Morgan fingerprint density at radius 1 is 1.36 bits per heavy atom. The Morgan fingerprint density at radius 3 is 2.77 bits per heavy atom. The Bertz CT molecular complexity index is 689. The van der Waals surface area contributed by atoms with Gasteiger partial charge in [-0.15, -0.1) is 0 Å². The molecule has 6 nitrogen and oxygen atoms in total. The molecule has 0 spiro atoms. The van der Waals surface area contributed by atoms with Gasteiger partial charge in [-0.3, -0.25) is 9.69 Å². The van der Waals surface area contributed by atoms with Crippen LogP contribution >= 0.6 is 0 Å². The van der Waals surface area contributed by atoms with Crippen molar-refractivity contribution >= 4 is 11.6 Å². The maximum Gasteiger partial charge on any atom is 0.238 e. The quantitative estimate of drug-likeness (QED) is 0.935. The summed E-state index contributed by atoms with van der Waals surface area (Å²) in [5, 5.41) is 6.76. The van der Waals surface area contributed by atoms with E-state index in [1.54, 1.807) is 6.92 Å². The molecule has 1 aromatic carbocycles. The number of amides is 1. The summed E-state index contributed by atoms with van der Waals surface area (Å²) in [4.78, 5) is 18.4. The van der Waals surface area contributed by atoms with Crippen LogP contribution in [0.5, 0.6) is 0 Å². The van der Waals surface area contributed by atoms with Crippen LogP contribution in [-0.2, 0) is 4.79 Å². The van der Waals surface area contributed by atoms with Crippen LogP contribution in [0.3, 0.4) is 0 Å². The van der Waals surface area contributed by atoms with Gasteiger partial charge in [-0.25, -0.2) is 0 Å². The number of anilines is 1. The molecule has 22 heavy (non-hydrogen) atoms. The summed E-state index contributed by atoms with van der Waals surface area (Å²) in [6.07, 6.45) is 0. The minimum absolute atomic E-state index is 0.00659. The molecule has 0 radical (unpaired) electrons. The maximum absolute atomic E-state index is 12.1. The third-order valence-corrected chi connectivity index (χ3v) is 3.87. The van der Waals surface area contributed by atoms with Gasteiger partial charge in [0.05, 0.1) is 12.5 Å². The fraction of sp³-hybridized carbons (Fsp3) is 0.438. The fourth-order valence-corrected chi connectivity index (χ4v) is 2.68. The third-order valence-electron chi connectivity index (χ3n) is 3.87. The van der Waals surface area contributed by atoms with Gasteiger partial charge in [0, 0.05) is 18.8 Å². The molecule has 6 heteroatoms. The van der Waals surface area contributed by atoms with Gasteiger partial charge in [0.2, 0.25) is 11.8 Å². The van der Waals surface area contributed by atoms with Crippen molar-refractivity contribution in [1.29, 1.82) is 0 Å². The zero-order valence-electron chi connectivity index (χ0n) is 13.1. The highest BCUT2D eigenvalue weighted by Crippen LogP contribution is 2.25. The highest BCUT2D eigenvalue weighted by molar-refractivity contribution is 5.93. The van der Waals surface area contributed by atoms with Crippen molar-refractivity contribution in [3.8, 4) is 0 Å². The van der Waals surface area contributed by atoms with Gasteiger partial charge in [-0.1, -0.05) is 22.9 Å². The van der Waals surface area contributed by atoms with Crippen molar-refractivity contribution in [3.05, 3.63) is 41.0 Å². The van der Waals surface area contributed by atoms with Crippen molar-refractivity contribution in [2.75, 3.05) is 25.0 Å². The molecule has 0 aliphatic carbocycles. The third kappa shape index (κ3) is 3.17. The molecule has 0 bridgehead atoms. The molecule has 1 N–H and O–H groups in total. The lowest BCUT2D eigenvalue weighted by molar-refractivity contribution is -0.118. The van der Waals surface area contributed by atoms with Crippen LogP contribution < -0.4 is 5.32 Å². The molecular formula is C16H20N4O2. The smallest absolute Gasteiger partial charge is 0.238 e. The van der Waals surface area contributed by atoms with Crippen LogP contribution in [-0.4, -0.2) is 40.6 Å². The number of carbonyl (C=O) groups is 1. The number of likely N-dealkylation sites (tertiary alicyclic amines) is 1. The molecule has 0 saturated carbocycles. The van der Waals surface area contributed by atoms with Crippen LogP contribution in [0.15, 0.2) is 22.7 Å². The first-order valence-corrected chi connectivity index (χ1v) is 7.41. The highest BCUT2D eigenvalue weighted by Gasteiger charge is 2.33. The standard InChI is InChI=1S/C16H20N4O2/c1-10-4-5-14(11(2)6-10)18-15(21)9-20-7-13(8-20)16-17-12(3)19-22-16/h4-6,13H,7-9H2,1-3H3,(H,18,21). The summed E-state index contributed by atoms with van der Waals surface area (Å²) in [7, 11) is 0. The van der Waals surface area contributed by atoms with Crippen molar-refractivity contribution in [2.45, 2.75) is 26.7 Å². The number of aryl methyl sites for hydroxylation is 3. The second kappa shape index (κ2) is 5.88. The van der Waals surface area contributed by atoms with Gasteiger partial charge in [0.25, 0.3) is 0 Å². The lowest BCUT2D eigenvalue weighted by atomic mass is 10.0. The molecule has 1 saturated heterocycles. The topological polar surface area (TPSA) is 71.3 Å². The molecule has 3 rings (SSSR count). The predicted molar refractivity (Wildman–Crippen MR) is 82.8 cm³/mol. The van der Waals surface area contributed by atoms with Crippen molar-refractivity contribution < 1.29 is 9.32 Å². The Hall–Kier alpha value is -2.21. The first-order chi connectivity index (χ1) is 10.5. The van der Waals surface area contributed by atoms with E-state index in [4.69, 9.17) is 4.52 Å². The minimum atomic E-state index is 0.00659. The van der Waals surface area contributed by atoms with Crippen LogP contribution in [0, 0.1) is 20.8 Å². The number of hydrogen-bond donors (Lipinski definition) is 1. The molecule has 1 fully saturated rings. The van der Waals surface area contributed by atoms with Crippen molar-refractivity contribution in [3.63, 3.8) is 0 Å². The van der Waals surface area contributed by atoms with Gasteiger partial charge in [0.1, 0.15) is 0 Å². The number of benzene rings is 1. The fourth-order valence-electron chi connectivity index (χ4n) is 2.68. The normalized spacial score (nSPS) is 15.6. The van der Waals surface area contributed by atoms with Crippen LogP contribution in [0.25, 0.3) is 0 Å². The van der Waals surface area contributed by atoms with E-state index in [0.717, 1.165) is 24.3 Å². The maximum atomic E-state index is 12.1. The van der Waals surface area contributed by atoms with E-state index in [1.807, 2.05) is 26.0 Å². The van der Waals surface area contributed by atoms with Crippen LogP contribution in [0.1, 0.15) is 28.8 Å². The average Bonchev–Trinajstić information content (AvgIpc) is 2.83. The molecular weight excluding hydrogens is 280 g/mol. The van der Waals surface area contributed by atoms with E-state index in [2.05, 4.69) is 26.4 Å². The molecule has 1 aliphatic heterocycles. The summed E-state index contributed by atoms with van der Waals surface area (Å²) in [6, 6.07) is 6.01. The van der Waals surface area contributed by atoms with Gasteiger partial charge in [-0.05, 0) is 32.4 Å². The van der Waals surface area contributed by atoms with Gasteiger partial charge >= 0.3 is 0 Å². The van der Waals surface area contributed by atoms with Gasteiger partial charge in [0.15, 0.2) is 5.82 Å². The zero-order chi connectivity index (χ0) is 15.7. The molecule has 116 valence electrons. The first-order valence-electron chi connectivity index (χ1n) is 7.41. The summed E-state index contributed by atoms with van der Waals surface area (Å²) < 4.78 is 5.16. The molecule has 2 aromatic rings. The molecule has 2 heterocycles. The second-order valence-electron chi connectivity index (χ2n) is 5.94. The number of nitrogens with one attached hydrogen (secondary N) is 1. The minimum Gasteiger partial charge on any atom is -0.339 e. The molecule has 1 aliphatic rings. The summed E-state index contributed by atoms with van der Waals surface area (Å²) in [6.45, 7) is 7.79. The predicted octanol–water partition coefficient (Wildman–Crippen LogP) is 2.03. The van der Waals surface area contributed by atoms with Crippen molar-refractivity contribution in [2.24, 2.45) is 0 Å². The van der Waals surface area contributed by atoms with E-state index in [-0.39, 0.29) is 11.8 Å². The lowest BCUT2D eigenvalue weighted by Crippen LogP contribution is -2.48. The van der Waals surface area contributed by atoms with Gasteiger partial charge < -0.3 is 9.84 Å². The summed E-state index contributed by atoms with van der Waals surface area (Å²) >= 11 is 0. The second-order valence-corrected chi connectivity index (χ2v) is 5.94. The monoisotopic (exact) mass is 300 g/mol. The molecule has 0 atom stereocenters. The highest BCUT2D eigenvalue weighted by atomic mass is 16.5. The van der Waals surface area contributed by atoms with Crippen LogP contribution in [0.4, 0.5) is 5.69 Å². The number of rotatable bonds is 4. The van der Waals surface area contributed by atoms with E-state index >= 15 is 0 Å². The van der Waals surface area contributed by atoms with Crippen molar-refractivity contribution in [1.82, 2.24) is 15.0 Å². The summed E-state index contributed by atoms with van der Waals surface area (Å²) in [5.74, 6) is 1.58. The molecule has 1 amide bonds. The van der Waals surface area contributed by atoms with E-state index < -0.39 is 0 Å². The lowest BCUT2D eigenvalue weighted by Gasteiger charge is -2.36. The van der Waals surface area contributed by atoms with Crippen LogP contribution in [0.2, 0.25) is 0 Å². The zero-order valence-corrected chi connectivity index (χ0v) is 13.1. The summed E-state index contributed by atoms with van der Waals surface area (Å²) in [5.41, 5.74) is 3.15. The Morgan fingerprint density at radius 2 is 2.14 bits per heavy atom. The first kappa shape index (κ1) is 14.7. The van der Waals surface area contributed by atoms with Gasteiger partial charge in [-0.2, -0.15) is 4.98 Å². The number of hydrogen-bond acceptors (Lipinski definition) is 5.